The molecule has 2 amide bonds. The average Bonchev–Trinajstić information content (AvgIpc) is 2.89. The molecule has 1 saturated heterocycles. The van der Waals surface area contributed by atoms with Crippen LogP contribution in [0.2, 0.25) is 0 Å². The highest BCUT2D eigenvalue weighted by atomic mass is 16.2. The first-order chi connectivity index (χ1) is 12.1. The van der Waals surface area contributed by atoms with Crippen LogP contribution in [0.5, 0.6) is 0 Å². The Balaban J connectivity index is 1.70. The number of hydrogen-bond donors (Lipinski definition) is 0. The zero-order valence-corrected chi connectivity index (χ0v) is 14.9. The molecule has 1 fully saturated rings. The normalized spacial score (nSPS) is 15.0. The van der Waals surface area contributed by atoms with Crippen molar-refractivity contribution < 1.29 is 9.59 Å². The van der Waals surface area contributed by atoms with Crippen molar-refractivity contribution in [1.29, 1.82) is 0 Å². The molecule has 0 spiro atoms. The highest BCUT2D eigenvalue weighted by molar-refractivity contribution is 5.96. The van der Waals surface area contributed by atoms with E-state index in [0.717, 1.165) is 23.1 Å². The van der Waals surface area contributed by atoms with Gasteiger partial charge in [-0.15, -0.1) is 0 Å². The Bertz CT molecular complexity index is 771. The Labute approximate surface area is 149 Å². The molecular formula is C21H24N2O2. The Kier molecular flexibility index (Phi) is 5.17. The number of rotatable bonds is 2. The van der Waals surface area contributed by atoms with Gasteiger partial charge in [-0.1, -0.05) is 35.9 Å². The average molecular weight is 336 g/mol. The fourth-order valence-electron chi connectivity index (χ4n) is 3.22. The van der Waals surface area contributed by atoms with Crippen molar-refractivity contribution >= 4 is 11.8 Å². The summed E-state index contributed by atoms with van der Waals surface area (Å²) in [5, 5.41) is 0. The minimum Gasteiger partial charge on any atom is -0.337 e. The molecule has 0 atom stereocenters. The van der Waals surface area contributed by atoms with Crippen LogP contribution in [-0.4, -0.2) is 47.8 Å². The van der Waals surface area contributed by atoms with Crippen molar-refractivity contribution in [1.82, 2.24) is 9.80 Å². The van der Waals surface area contributed by atoms with Crippen LogP contribution in [0.3, 0.4) is 0 Å². The fraction of sp³-hybridized carbons (Fsp3) is 0.333. The van der Waals surface area contributed by atoms with E-state index in [1.807, 2.05) is 72.2 Å². The van der Waals surface area contributed by atoms with Gasteiger partial charge in [-0.05, 0) is 44.0 Å². The van der Waals surface area contributed by atoms with E-state index in [0.29, 0.717) is 31.7 Å². The van der Waals surface area contributed by atoms with Crippen LogP contribution in [-0.2, 0) is 0 Å². The quantitative estimate of drug-likeness (QED) is 0.844. The third-order valence-corrected chi connectivity index (χ3v) is 4.71. The molecule has 0 aromatic heterocycles. The Morgan fingerprint density at radius 2 is 1.44 bits per heavy atom. The van der Waals surface area contributed by atoms with Crippen molar-refractivity contribution in [2.45, 2.75) is 20.3 Å². The van der Waals surface area contributed by atoms with E-state index in [2.05, 4.69) is 0 Å². The van der Waals surface area contributed by atoms with Crippen molar-refractivity contribution in [3.63, 3.8) is 0 Å². The zero-order valence-electron chi connectivity index (χ0n) is 14.9. The number of aryl methyl sites for hydroxylation is 2. The second kappa shape index (κ2) is 7.51. The summed E-state index contributed by atoms with van der Waals surface area (Å²) in [4.78, 5) is 29.2. The molecule has 1 heterocycles. The molecule has 4 heteroatoms. The van der Waals surface area contributed by atoms with Crippen LogP contribution in [0.25, 0.3) is 0 Å². The van der Waals surface area contributed by atoms with Crippen LogP contribution >= 0.6 is 0 Å². The molecule has 130 valence electrons. The predicted molar refractivity (Wildman–Crippen MR) is 98.8 cm³/mol. The molecule has 1 aliphatic rings. The lowest BCUT2D eigenvalue weighted by Crippen LogP contribution is -2.37. The number of hydrogen-bond acceptors (Lipinski definition) is 2. The summed E-state index contributed by atoms with van der Waals surface area (Å²) in [6, 6.07) is 15.3. The zero-order chi connectivity index (χ0) is 17.8. The van der Waals surface area contributed by atoms with Gasteiger partial charge in [0, 0.05) is 37.3 Å². The van der Waals surface area contributed by atoms with Gasteiger partial charge in [0.05, 0.1) is 0 Å². The topological polar surface area (TPSA) is 40.6 Å². The maximum Gasteiger partial charge on any atom is 0.254 e. The number of amides is 2. The molecular weight excluding hydrogens is 312 g/mol. The van der Waals surface area contributed by atoms with E-state index >= 15 is 0 Å². The van der Waals surface area contributed by atoms with Crippen LogP contribution in [0, 0.1) is 13.8 Å². The van der Waals surface area contributed by atoms with E-state index in [9.17, 15) is 9.59 Å². The molecule has 2 aromatic carbocycles. The van der Waals surface area contributed by atoms with Gasteiger partial charge in [-0.3, -0.25) is 9.59 Å². The van der Waals surface area contributed by atoms with Gasteiger partial charge in [0.25, 0.3) is 11.8 Å². The lowest BCUT2D eigenvalue weighted by Gasteiger charge is -2.23. The van der Waals surface area contributed by atoms with Crippen LogP contribution in [0.1, 0.15) is 38.3 Å². The minimum absolute atomic E-state index is 0.0432. The minimum atomic E-state index is 0.0432. The van der Waals surface area contributed by atoms with Crippen LogP contribution in [0.4, 0.5) is 0 Å². The SMILES string of the molecule is Cc1ccc(C)c(C(=O)N2CCCN(C(=O)c3ccccc3)CC2)c1. The Morgan fingerprint density at radius 1 is 0.800 bits per heavy atom. The van der Waals surface area contributed by atoms with Gasteiger partial charge in [0.2, 0.25) is 0 Å². The lowest BCUT2D eigenvalue weighted by atomic mass is 10.0. The van der Waals surface area contributed by atoms with Crippen molar-refractivity contribution in [2.75, 3.05) is 26.2 Å². The summed E-state index contributed by atoms with van der Waals surface area (Å²) in [5.74, 6) is 0.108. The summed E-state index contributed by atoms with van der Waals surface area (Å²) in [6.07, 6.45) is 0.801. The number of carbonyl (C=O) groups is 2. The van der Waals surface area contributed by atoms with E-state index < -0.39 is 0 Å². The molecule has 25 heavy (non-hydrogen) atoms. The first-order valence-electron chi connectivity index (χ1n) is 8.77. The fourth-order valence-corrected chi connectivity index (χ4v) is 3.22. The molecule has 0 radical (unpaired) electrons. The summed E-state index contributed by atoms with van der Waals surface area (Å²) < 4.78 is 0. The molecule has 0 bridgehead atoms. The summed E-state index contributed by atoms with van der Waals surface area (Å²) in [5.41, 5.74) is 3.56. The van der Waals surface area contributed by atoms with Gasteiger partial charge in [-0.2, -0.15) is 0 Å². The highest BCUT2D eigenvalue weighted by Crippen LogP contribution is 2.16. The number of carbonyl (C=O) groups excluding carboxylic acids is 2. The Hall–Kier alpha value is -2.62. The van der Waals surface area contributed by atoms with Crippen molar-refractivity contribution in [3.05, 3.63) is 70.8 Å². The molecule has 4 nitrogen and oxygen atoms in total. The van der Waals surface area contributed by atoms with Gasteiger partial charge in [0.15, 0.2) is 0 Å². The summed E-state index contributed by atoms with van der Waals surface area (Å²) in [6.45, 7) is 6.48. The highest BCUT2D eigenvalue weighted by Gasteiger charge is 2.24. The van der Waals surface area contributed by atoms with Gasteiger partial charge in [-0.25, -0.2) is 0 Å². The maximum atomic E-state index is 12.9. The first-order valence-corrected chi connectivity index (χ1v) is 8.77. The second-order valence-corrected chi connectivity index (χ2v) is 6.62. The van der Waals surface area contributed by atoms with Gasteiger partial charge in [0.1, 0.15) is 0 Å². The van der Waals surface area contributed by atoms with Gasteiger partial charge < -0.3 is 9.80 Å². The molecule has 3 rings (SSSR count). The summed E-state index contributed by atoms with van der Waals surface area (Å²) >= 11 is 0. The number of nitrogens with zero attached hydrogens (tertiary/aromatic N) is 2. The monoisotopic (exact) mass is 336 g/mol. The van der Waals surface area contributed by atoms with E-state index in [1.165, 1.54) is 0 Å². The summed E-state index contributed by atoms with van der Waals surface area (Å²) in [7, 11) is 0. The maximum absolute atomic E-state index is 12.9. The van der Waals surface area contributed by atoms with E-state index in [-0.39, 0.29) is 11.8 Å². The second-order valence-electron chi connectivity index (χ2n) is 6.62. The molecule has 0 unspecified atom stereocenters. The smallest absolute Gasteiger partial charge is 0.254 e. The van der Waals surface area contributed by atoms with Crippen molar-refractivity contribution in [2.24, 2.45) is 0 Å². The lowest BCUT2D eigenvalue weighted by molar-refractivity contribution is 0.0718. The van der Waals surface area contributed by atoms with Crippen LogP contribution in [0.15, 0.2) is 48.5 Å². The number of benzene rings is 2. The molecule has 2 aromatic rings. The predicted octanol–water partition coefficient (Wildman–Crippen LogP) is 3.29. The largest absolute Gasteiger partial charge is 0.337 e. The molecule has 1 aliphatic heterocycles. The van der Waals surface area contributed by atoms with Gasteiger partial charge >= 0.3 is 0 Å². The van der Waals surface area contributed by atoms with Crippen molar-refractivity contribution in [3.8, 4) is 0 Å². The van der Waals surface area contributed by atoms with Crippen LogP contribution < -0.4 is 0 Å². The van der Waals surface area contributed by atoms with E-state index in [4.69, 9.17) is 0 Å². The van der Waals surface area contributed by atoms with E-state index in [1.54, 1.807) is 0 Å². The Morgan fingerprint density at radius 3 is 2.12 bits per heavy atom. The third kappa shape index (κ3) is 3.90. The first kappa shape index (κ1) is 17.2. The third-order valence-electron chi connectivity index (χ3n) is 4.71. The molecule has 0 saturated carbocycles. The standard InChI is InChI=1S/C21H24N2O2/c1-16-9-10-17(2)19(15-16)21(25)23-12-6-11-22(13-14-23)20(24)18-7-4-3-5-8-18/h3-5,7-10,15H,6,11-14H2,1-2H3. The molecule has 0 N–H and O–H groups in total. The molecule has 0 aliphatic carbocycles.